The number of hydrogen-bond donors (Lipinski definition) is 2. The normalized spacial score (nSPS) is 12.7. The summed E-state index contributed by atoms with van der Waals surface area (Å²) in [6.07, 6.45) is 6.07. The summed E-state index contributed by atoms with van der Waals surface area (Å²) in [6.45, 7) is 5.89. The summed E-state index contributed by atoms with van der Waals surface area (Å²) in [5, 5.41) is 9.52. The van der Waals surface area contributed by atoms with E-state index in [1.165, 1.54) is 10.9 Å². The molecule has 1 atom stereocenters. The standard InChI is InChI=1S/C13H22N4O3S/c1-4-6-11(5-2)14-13(18)15-12-7-8-17(16-12)9-10-21(3,19)20/h4,7-8,11H,1,5-6,9-10H2,2-3H3,(H2,14,15,16,18). The molecule has 0 aliphatic rings. The van der Waals surface area contributed by atoms with Crippen molar-refractivity contribution in [3.8, 4) is 0 Å². The zero-order valence-corrected chi connectivity index (χ0v) is 13.2. The summed E-state index contributed by atoms with van der Waals surface area (Å²) < 4.78 is 23.6. The van der Waals surface area contributed by atoms with Crippen molar-refractivity contribution in [2.75, 3.05) is 17.3 Å². The van der Waals surface area contributed by atoms with Gasteiger partial charge in [0.2, 0.25) is 0 Å². The Morgan fingerprint density at radius 2 is 2.29 bits per heavy atom. The summed E-state index contributed by atoms with van der Waals surface area (Å²) in [6, 6.07) is 1.32. The number of aryl methyl sites for hydroxylation is 1. The zero-order chi connectivity index (χ0) is 15.9. The maximum absolute atomic E-state index is 11.8. The van der Waals surface area contributed by atoms with Crippen LogP contribution in [0.25, 0.3) is 0 Å². The molecule has 0 saturated carbocycles. The highest BCUT2D eigenvalue weighted by Crippen LogP contribution is 2.04. The van der Waals surface area contributed by atoms with Crippen LogP contribution in [-0.2, 0) is 16.4 Å². The number of nitrogens with zero attached hydrogens (tertiary/aromatic N) is 2. The lowest BCUT2D eigenvalue weighted by molar-refractivity contribution is 0.248. The molecular weight excluding hydrogens is 292 g/mol. The number of aromatic nitrogens is 2. The van der Waals surface area contributed by atoms with Crippen molar-refractivity contribution in [1.82, 2.24) is 15.1 Å². The van der Waals surface area contributed by atoms with Crippen molar-refractivity contribution in [2.24, 2.45) is 0 Å². The minimum absolute atomic E-state index is 0.0115. The van der Waals surface area contributed by atoms with Gasteiger partial charge in [0, 0.05) is 24.6 Å². The van der Waals surface area contributed by atoms with Gasteiger partial charge in [0.15, 0.2) is 5.82 Å². The van der Waals surface area contributed by atoms with Gasteiger partial charge in [-0.25, -0.2) is 13.2 Å². The molecule has 0 bridgehead atoms. The molecule has 8 heteroatoms. The Balaban J connectivity index is 2.50. The maximum atomic E-state index is 11.8. The highest BCUT2D eigenvalue weighted by Gasteiger charge is 2.10. The second kappa shape index (κ2) is 7.82. The second-order valence-corrected chi connectivity index (χ2v) is 7.08. The number of hydrogen-bond acceptors (Lipinski definition) is 4. The van der Waals surface area contributed by atoms with E-state index in [1.54, 1.807) is 18.3 Å². The Morgan fingerprint density at radius 1 is 1.57 bits per heavy atom. The monoisotopic (exact) mass is 314 g/mol. The number of carbonyl (C=O) groups is 1. The molecule has 1 heterocycles. The summed E-state index contributed by atoms with van der Waals surface area (Å²) in [7, 11) is -3.03. The van der Waals surface area contributed by atoms with Crippen LogP contribution >= 0.6 is 0 Å². The minimum Gasteiger partial charge on any atom is -0.335 e. The van der Waals surface area contributed by atoms with Crippen LogP contribution in [0.15, 0.2) is 24.9 Å². The molecule has 0 radical (unpaired) electrons. The van der Waals surface area contributed by atoms with E-state index in [1.807, 2.05) is 6.92 Å². The first-order chi connectivity index (χ1) is 9.84. The molecule has 1 aromatic heterocycles. The molecule has 0 aliphatic carbocycles. The molecule has 21 heavy (non-hydrogen) atoms. The average Bonchev–Trinajstić information content (AvgIpc) is 2.82. The van der Waals surface area contributed by atoms with Gasteiger partial charge < -0.3 is 5.32 Å². The van der Waals surface area contributed by atoms with Crippen molar-refractivity contribution in [2.45, 2.75) is 32.4 Å². The maximum Gasteiger partial charge on any atom is 0.320 e. The van der Waals surface area contributed by atoms with Crippen LogP contribution in [-0.4, -0.2) is 42.3 Å². The van der Waals surface area contributed by atoms with Crippen LogP contribution in [0.2, 0.25) is 0 Å². The molecule has 0 fully saturated rings. The van der Waals surface area contributed by atoms with Crippen LogP contribution in [0, 0.1) is 0 Å². The number of anilines is 1. The second-order valence-electron chi connectivity index (χ2n) is 4.82. The minimum atomic E-state index is -3.03. The Labute approximate surface area is 125 Å². The molecule has 2 amide bonds. The van der Waals surface area contributed by atoms with E-state index in [0.29, 0.717) is 12.2 Å². The first-order valence-corrected chi connectivity index (χ1v) is 8.79. The lowest BCUT2D eigenvalue weighted by Crippen LogP contribution is -2.37. The molecule has 0 aliphatic heterocycles. The van der Waals surface area contributed by atoms with Gasteiger partial charge in [0.1, 0.15) is 9.84 Å². The van der Waals surface area contributed by atoms with E-state index in [9.17, 15) is 13.2 Å². The van der Waals surface area contributed by atoms with Gasteiger partial charge in [-0.3, -0.25) is 10.00 Å². The van der Waals surface area contributed by atoms with Crippen LogP contribution in [0.5, 0.6) is 0 Å². The van der Waals surface area contributed by atoms with Crippen molar-refractivity contribution in [3.05, 3.63) is 24.9 Å². The molecule has 0 spiro atoms. The Morgan fingerprint density at radius 3 is 2.86 bits per heavy atom. The largest absolute Gasteiger partial charge is 0.335 e. The number of rotatable bonds is 8. The predicted molar refractivity (Wildman–Crippen MR) is 83.0 cm³/mol. The number of carbonyl (C=O) groups excluding carboxylic acids is 1. The summed E-state index contributed by atoms with van der Waals surface area (Å²) in [5.41, 5.74) is 0. The number of amides is 2. The van der Waals surface area contributed by atoms with E-state index in [-0.39, 0.29) is 24.4 Å². The fraction of sp³-hybridized carbons (Fsp3) is 0.538. The average molecular weight is 314 g/mol. The first kappa shape index (κ1) is 17.2. The SMILES string of the molecule is C=CCC(CC)NC(=O)Nc1ccn(CCS(C)(=O)=O)n1. The lowest BCUT2D eigenvalue weighted by Gasteiger charge is -2.14. The molecular formula is C13H22N4O3S. The number of urea groups is 1. The molecule has 0 aromatic carbocycles. The predicted octanol–water partition coefficient (Wildman–Crippen LogP) is 1.40. The fourth-order valence-corrected chi connectivity index (χ4v) is 2.20. The van der Waals surface area contributed by atoms with Crippen molar-refractivity contribution in [3.63, 3.8) is 0 Å². The smallest absolute Gasteiger partial charge is 0.320 e. The quantitative estimate of drug-likeness (QED) is 0.709. The third-order valence-corrected chi connectivity index (χ3v) is 3.78. The molecule has 1 rings (SSSR count). The van der Waals surface area contributed by atoms with Gasteiger partial charge in [-0.15, -0.1) is 6.58 Å². The first-order valence-electron chi connectivity index (χ1n) is 6.73. The highest BCUT2D eigenvalue weighted by molar-refractivity contribution is 7.90. The van der Waals surface area contributed by atoms with E-state index in [2.05, 4.69) is 22.3 Å². The lowest BCUT2D eigenvalue weighted by atomic mass is 10.1. The Hall–Kier alpha value is -1.83. The van der Waals surface area contributed by atoms with Gasteiger partial charge in [-0.05, 0) is 12.8 Å². The summed E-state index contributed by atoms with van der Waals surface area (Å²) in [4.78, 5) is 11.8. The van der Waals surface area contributed by atoms with E-state index in [4.69, 9.17) is 0 Å². The van der Waals surface area contributed by atoms with Gasteiger partial charge in [-0.2, -0.15) is 5.10 Å². The zero-order valence-electron chi connectivity index (χ0n) is 12.4. The van der Waals surface area contributed by atoms with Gasteiger partial charge in [0.25, 0.3) is 0 Å². The van der Waals surface area contributed by atoms with Gasteiger partial charge in [0.05, 0.1) is 12.3 Å². The van der Waals surface area contributed by atoms with Crippen LogP contribution < -0.4 is 10.6 Å². The van der Waals surface area contributed by atoms with Crippen molar-refractivity contribution in [1.29, 1.82) is 0 Å². The molecule has 1 aromatic rings. The topological polar surface area (TPSA) is 93.1 Å². The molecule has 2 N–H and O–H groups in total. The van der Waals surface area contributed by atoms with E-state index < -0.39 is 9.84 Å². The Kier molecular flexibility index (Phi) is 6.41. The van der Waals surface area contributed by atoms with Crippen LogP contribution in [0.4, 0.5) is 10.6 Å². The van der Waals surface area contributed by atoms with E-state index in [0.717, 1.165) is 6.42 Å². The molecule has 118 valence electrons. The van der Waals surface area contributed by atoms with E-state index >= 15 is 0 Å². The van der Waals surface area contributed by atoms with Gasteiger partial charge in [-0.1, -0.05) is 13.0 Å². The third kappa shape index (κ3) is 6.94. The van der Waals surface area contributed by atoms with Crippen LogP contribution in [0.1, 0.15) is 19.8 Å². The van der Waals surface area contributed by atoms with Crippen molar-refractivity contribution >= 4 is 21.7 Å². The highest BCUT2D eigenvalue weighted by atomic mass is 32.2. The number of sulfone groups is 1. The number of nitrogens with one attached hydrogen (secondary N) is 2. The van der Waals surface area contributed by atoms with Crippen molar-refractivity contribution < 1.29 is 13.2 Å². The Bertz CT molecular complexity index is 580. The van der Waals surface area contributed by atoms with Gasteiger partial charge >= 0.3 is 6.03 Å². The molecule has 7 nitrogen and oxygen atoms in total. The summed E-state index contributed by atoms with van der Waals surface area (Å²) >= 11 is 0. The molecule has 0 saturated heterocycles. The molecule has 1 unspecified atom stereocenters. The summed E-state index contributed by atoms with van der Waals surface area (Å²) in [5.74, 6) is 0.395. The third-order valence-electron chi connectivity index (χ3n) is 2.85. The van der Waals surface area contributed by atoms with Crippen LogP contribution in [0.3, 0.4) is 0 Å². The fourth-order valence-electron chi connectivity index (χ4n) is 1.68.